The Morgan fingerprint density at radius 3 is 2.60 bits per heavy atom. The lowest BCUT2D eigenvalue weighted by Gasteiger charge is -2.47. The highest BCUT2D eigenvalue weighted by atomic mass is 32.2. The standard InChI is InChI=1S/C32H33FN6O2S/c1-21-12-14-34-28(16-21)30(40)32-18-22-13-15-38(25-8-5-24(33)6-9-25)29(22)17-23(32)4-7-27(19-32)39(26-10-11-26)42(3,41)31-35-20-37(2)36-31/h5-6,8-9,12-17,20,26-27H,3-4,7,10-11,18-19H2,1-2H3/t27-,32-,42?/m0/s1. The summed E-state index contributed by atoms with van der Waals surface area (Å²) in [7, 11) is -1.21. The SMILES string of the molecule is C=S(=O)(c1ncn(C)n1)N(C1CC1)[C@H]1CCC2=Cc3c(ccn3-c3ccc(F)cc3)C[C@]2(C(=O)c2cc(C)ccn2)C1. The van der Waals surface area contributed by atoms with Crippen LogP contribution in [0.2, 0.25) is 0 Å². The monoisotopic (exact) mass is 584 g/mol. The van der Waals surface area contributed by atoms with Crippen molar-refractivity contribution in [2.45, 2.75) is 62.7 Å². The summed E-state index contributed by atoms with van der Waals surface area (Å²) in [6, 6.07) is 12.2. The van der Waals surface area contributed by atoms with E-state index in [1.54, 1.807) is 36.4 Å². The molecule has 0 aliphatic heterocycles. The van der Waals surface area contributed by atoms with Gasteiger partial charge in [0.05, 0.1) is 15.1 Å². The molecule has 3 atom stereocenters. The van der Waals surface area contributed by atoms with E-state index >= 15 is 0 Å². The minimum Gasteiger partial charge on any atom is -0.317 e. The van der Waals surface area contributed by atoms with E-state index in [0.717, 1.165) is 47.3 Å². The van der Waals surface area contributed by atoms with Crippen LogP contribution in [0.25, 0.3) is 11.8 Å². The maximum absolute atomic E-state index is 14.6. The van der Waals surface area contributed by atoms with Gasteiger partial charge in [-0.25, -0.2) is 17.9 Å². The molecule has 3 aliphatic rings. The van der Waals surface area contributed by atoms with E-state index in [1.807, 2.05) is 29.6 Å². The Labute approximate surface area is 245 Å². The molecule has 0 radical (unpaired) electrons. The molecule has 1 unspecified atom stereocenters. The van der Waals surface area contributed by atoms with Gasteiger partial charge < -0.3 is 4.57 Å². The molecule has 0 saturated heterocycles. The molecule has 3 aliphatic carbocycles. The molecule has 0 N–H and O–H groups in total. The smallest absolute Gasteiger partial charge is 0.244 e. The Morgan fingerprint density at radius 1 is 1.12 bits per heavy atom. The predicted octanol–water partition coefficient (Wildman–Crippen LogP) is 4.96. The van der Waals surface area contributed by atoms with Crippen molar-refractivity contribution in [2.24, 2.45) is 12.5 Å². The average Bonchev–Trinajstić information content (AvgIpc) is 3.55. The van der Waals surface area contributed by atoms with Crippen LogP contribution in [0.3, 0.4) is 0 Å². The second-order valence-electron chi connectivity index (χ2n) is 11.9. The summed E-state index contributed by atoms with van der Waals surface area (Å²) in [6.07, 6.45) is 11.7. The highest BCUT2D eigenvalue weighted by Crippen LogP contribution is 2.52. The van der Waals surface area contributed by atoms with Gasteiger partial charge in [-0.05, 0) is 111 Å². The van der Waals surface area contributed by atoms with Crippen LogP contribution in [0.1, 0.15) is 59.4 Å². The number of pyridine rings is 1. The quantitative estimate of drug-likeness (QED) is 0.226. The third-order valence-electron chi connectivity index (χ3n) is 8.92. The fraction of sp³-hybridized carbons (Fsp3) is 0.344. The maximum atomic E-state index is 14.6. The van der Waals surface area contributed by atoms with Crippen LogP contribution in [0, 0.1) is 18.2 Å². The summed E-state index contributed by atoms with van der Waals surface area (Å²) < 4.78 is 33.7. The van der Waals surface area contributed by atoms with Crippen LogP contribution >= 0.6 is 0 Å². The van der Waals surface area contributed by atoms with Crippen LogP contribution in [-0.2, 0) is 23.2 Å². The highest BCUT2D eigenvalue weighted by molar-refractivity contribution is 7.98. The molecule has 7 rings (SSSR count). The molecule has 2 fully saturated rings. The zero-order valence-corrected chi connectivity index (χ0v) is 24.6. The summed E-state index contributed by atoms with van der Waals surface area (Å²) in [6.45, 7) is 1.96. The zero-order chi connectivity index (χ0) is 29.2. The molecule has 3 heterocycles. The first-order valence-electron chi connectivity index (χ1n) is 14.3. The Balaban J connectivity index is 1.32. The number of carbonyl (C=O) groups excluding carboxylic acids is 1. The van der Waals surface area contributed by atoms with Crippen LogP contribution in [0.5, 0.6) is 0 Å². The van der Waals surface area contributed by atoms with Gasteiger partial charge in [-0.1, -0.05) is 5.57 Å². The Hall–Kier alpha value is -3.89. The van der Waals surface area contributed by atoms with Crippen LogP contribution in [0.4, 0.5) is 4.39 Å². The lowest BCUT2D eigenvalue weighted by Crippen LogP contribution is -2.51. The number of halogens is 1. The summed E-state index contributed by atoms with van der Waals surface area (Å²) in [4.78, 5) is 23.5. The van der Waals surface area contributed by atoms with Crippen molar-refractivity contribution < 1.29 is 13.4 Å². The van der Waals surface area contributed by atoms with Crippen molar-refractivity contribution in [1.29, 1.82) is 0 Å². The van der Waals surface area contributed by atoms with E-state index in [9.17, 15) is 13.4 Å². The number of rotatable bonds is 7. The molecule has 2 saturated carbocycles. The Bertz CT molecular complexity index is 1840. The molecule has 3 aromatic heterocycles. The van der Waals surface area contributed by atoms with Gasteiger partial charge in [0.15, 0.2) is 5.78 Å². The van der Waals surface area contributed by atoms with Crippen LogP contribution in [-0.4, -0.2) is 56.6 Å². The van der Waals surface area contributed by atoms with Crippen molar-refractivity contribution >= 4 is 27.4 Å². The van der Waals surface area contributed by atoms with Gasteiger partial charge in [0.25, 0.3) is 0 Å². The largest absolute Gasteiger partial charge is 0.317 e. The van der Waals surface area contributed by atoms with Gasteiger partial charge in [0, 0.05) is 42.9 Å². The molecule has 4 aromatic rings. The number of ketones is 1. The first-order chi connectivity index (χ1) is 20.2. The number of hydrogen-bond donors (Lipinski definition) is 0. The molecule has 1 aromatic carbocycles. The number of benzene rings is 1. The molecule has 0 bridgehead atoms. The van der Waals surface area contributed by atoms with Gasteiger partial charge in [-0.2, -0.15) is 0 Å². The number of Topliss-reactive ketones (excluding diaryl/α,β-unsaturated/α-hetero) is 1. The van der Waals surface area contributed by atoms with Crippen LogP contribution in [0.15, 0.2) is 71.9 Å². The number of aromatic nitrogens is 5. The molecule has 8 nitrogen and oxygen atoms in total. The van der Waals surface area contributed by atoms with Gasteiger partial charge in [0.2, 0.25) is 5.16 Å². The molecular weight excluding hydrogens is 551 g/mol. The number of hydrogen-bond acceptors (Lipinski definition) is 5. The molecule has 0 amide bonds. The fourth-order valence-electron chi connectivity index (χ4n) is 6.82. The topological polar surface area (TPSA) is 85.9 Å². The second kappa shape index (κ2) is 9.84. The maximum Gasteiger partial charge on any atom is 0.244 e. The van der Waals surface area contributed by atoms with E-state index in [4.69, 9.17) is 0 Å². The fourth-order valence-corrected chi connectivity index (χ4v) is 8.83. The summed E-state index contributed by atoms with van der Waals surface area (Å²) >= 11 is 0. The minimum absolute atomic E-state index is 0.00963. The average molecular weight is 585 g/mol. The van der Waals surface area contributed by atoms with Crippen molar-refractivity contribution in [1.82, 2.24) is 28.6 Å². The minimum atomic E-state index is -2.97. The number of allylic oxidation sites excluding steroid dienone is 1. The highest BCUT2D eigenvalue weighted by Gasteiger charge is 2.53. The molecular formula is C32H33FN6O2S. The molecule has 10 heteroatoms. The lowest BCUT2D eigenvalue weighted by molar-refractivity contribution is 0.0736. The third kappa shape index (κ3) is 4.44. The Kier molecular flexibility index (Phi) is 6.32. The van der Waals surface area contributed by atoms with Gasteiger partial charge in [-0.3, -0.25) is 14.5 Å². The number of aryl methyl sites for hydroxylation is 2. The van der Waals surface area contributed by atoms with Gasteiger partial charge in [-0.15, -0.1) is 5.10 Å². The summed E-state index contributed by atoms with van der Waals surface area (Å²) in [5.74, 6) is 3.89. The van der Waals surface area contributed by atoms with Crippen molar-refractivity contribution in [2.75, 3.05) is 0 Å². The first-order valence-corrected chi connectivity index (χ1v) is 16.0. The van der Waals surface area contributed by atoms with Crippen LogP contribution < -0.4 is 0 Å². The van der Waals surface area contributed by atoms with Gasteiger partial charge >= 0.3 is 0 Å². The van der Waals surface area contributed by atoms with E-state index in [-0.39, 0.29) is 28.8 Å². The summed E-state index contributed by atoms with van der Waals surface area (Å²) in [5.41, 5.74) is 4.56. The molecule has 0 spiro atoms. The van der Waals surface area contributed by atoms with Crippen molar-refractivity contribution in [3.63, 3.8) is 0 Å². The Morgan fingerprint density at radius 2 is 1.90 bits per heavy atom. The number of fused-ring (bicyclic) bond motifs is 2. The van der Waals surface area contributed by atoms with E-state index in [1.165, 1.54) is 12.1 Å². The number of nitrogens with zero attached hydrogens (tertiary/aromatic N) is 6. The number of carbonyl (C=O) groups is 1. The predicted molar refractivity (Wildman–Crippen MR) is 160 cm³/mol. The molecule has 216 valence electrons. The van der Waals surface area contributed by atoms with Crippen molar-refractivity contribution in [3.8, 4) is 5.69 Å². The lowest BCUT2D eigenvalue weighted by atomic mass is 9.60. The normalized spacial score (nSPS) is 23.1. The first kappa shape index (κ1) is 27.0. The summed E-state index contributed by atoms with van der Waals surface area (Å²) in [5, 5.41) is 4.61. The van der Waals surface area contributed by atoms with Gasteiger partial charge in [0.1, 0.15) is 17.8 Å². The zero-order valence-electron chi connectivity index (χ0n) is 23.7. The van der Waals surface area contributed by atoms with E-state index in [0.29, 0.717) is 25.0 Å². The van der Waals surface area contributed by atoms with E-state index in [2.05, 4.69) is 37.6 Å². The second-order valence-corrected chi connectivity index (χ2v) is 13.9. The van der Waals surface area contributed by atoms with E-state index < -0.39 is 15.1 Å². The third-order valence-corrected chi connectivity index (χ3v) is 11.0. The van der Waals surface area contributed by atoms with Crippen molar-refractivity contribution in [3.05, 3.63) is 95.1 Å². The molecule has 42 heavy (non-hydrogen) atoms.